The molecule has 5 aromatic rings. The standard InChI is InChI=1S/C28H27N7O3S/c1-33(2)14-15-35(39(3,37)38)22-8-6-21(7-9-22)31-27(20-5-11-25-30-12-13-34(25)18-20)26-23-10-4-19(17-29)16-24(23)32-28(26)36/h4-13,16,18,32,36H,14-15H2,1-3H3. The van der Waals surface area contributed by atoms with E-state index in [4.69, 9.17) is 4.99 Å². The van der Waals surface area contributed by atoms with Crippen LogP contribution in [0.2, 0.25) is 0 Å². The van der Waals surface area contributed by atoms with Crippen molar-refractivity contribution in [2.45, 2.75) is 0 Å². The molecule has 0 saturated heterocycles. The Labute approximate surface area is 226 Å². The number of rotatable bonds is 8. The Morgan fingerprint density at radius 2 is 1.90 bits per heavy atom. The van der Waals surface area contributed by atoms with E-state index < -0.39 is 10.0 Å². The van der Waals surface area contributed by atoms with Crippen LogP contribution in [-0.2, 0) is 10.0 Å². The molecule has 39 heavy (non-hydrogen) atoms. The van der Waals surface area contributed by atoms with E-state index in [1.807, 2.05) is 47.9 Å². The summed E-state index contributed by atoms with van der Waals surface area (Å²) in [6, 6.07) is 18.0. The lowest BCUT2D eigenvalue weighted by molar-refractivity contribution is 0.419. The summed E-state index contributed by atoms with van der Waals surface area (Å²) in [4.78, 5) is 14.1. The van der Waals surface area contributed by atoms with Crippen LogP contribution in [0.4, 0.5) is 11.4 Å². The highest BCUT2D eigenvalue weighted by Crippen LogP contribution is 2.32. The second-order valence-electron chi connectivity index (χ2n) is 9.45. The maximum Gasteiger partial charge on any atom is 0.232 e. The van der Waals surface area contributed by atoms with Gasteiger partial charge in [0.05, 0.1) is 46.1 Å². The molecular weight excluding hydrogens is 514 g/mol. The van der Waals surface area contributed by atoms with Gasteiger partial charge in [-0.15, -0.1) is 0 Å². The number of sulfonamides is 1. The number of aromatic hydroxyl groups is 1. The van der Waals surface area contributed by atoms with Gasteiger partial charge in [0, 0.05) is 42.6 Å². The van der Waals surface area contributed by atoms with Gasteiger partial charge >= 0.3 is 0 Å². The Bertz CT molecular complexity index is 1850. The van der Waals surface area contributed by atoms with E-state index in [9.17, 15) is 18.8 Å². The number of imidazole rings is 1. The molecule has 3 aromatic heterocycles. The Balaban J connectivity index is 1.63. The van der Waals surface area contributed by atoms with Gasteiger partial charge in [0.2, 0.25) is 10.0 Å². The van der Waals surface area contributed by atoms with Gasteiger partial charge in [0.1, 0.15) is 5.65 Å². The number of likely N-dealkylation sites (N-methyl/N-ethyl adjacent to an activating group) is 1. The first kappa shape index (κ1) is 26.0. The zero-order valence-corrected chi connectivity index (χ0v) is 22.5. The van der Waals surface area contributed by atoms with E-state index in [2.05, 4.69) is 16.0 Å². The minimum absolute atomic E-state index is 0.0758. The van der Waals surface area contributed by atoms with Crippen molar-refractivity contribution >= 4 is 43.7 Å². The summed E-state index contributed by atoms with van der Waals surface area (Å²) >= 11 is 0. The lowest BCUT2D eigenvalue weighted by Gasteiger charge is -2.24. The van der Waals surface area contributed by atoms with Crippen LogP contribution in [0.15, 0.2) is 78.2 Å². The third kappa shape index (κ3) is 5.34. The average Bonchev–Trinajstić information content (AvgIpc) is 3.49. The Morgan fingerprint density at radius 1 is 1.13 bits per heavy atom. The second kappa shape index (κ2) is 10.2. The zero-order chi connectivity index (χ0) is 27.7. The fourth-order valence-corrected chi connectivity index (χ4v) is 5.34. The number of fused-ring (bicyclic) bond motifs is 2. The number of nitriles is 1. The van der Waals surface area contributed by atoms with E-state index in [0.717, 1.165) is 11.2 Å². The molecule has 2 N–H and O–H groups in total. The maximum absolute atomic E-state index is 12.5. The molecule has 0 aliphatic heterocycles. The second-order valence-corrected chi connectivity index (χ2v) is 11.4. The van der Waals surface area contributed by atoms with Gasteiger partial charge < -0.3 is 19.4 Å². The molecule has 0 fully saturated rings. The summed E-state index contributed by atoms with van der Waals surface area (Å²) in [6.07, 6.45) is 6.60. The molecular formula is C28H27N7O3S. The molecule has 0 amide bonds. The Morgan fingerprint density at radius 3 is 2.59 bits per heavy atom. The molecule has 11 heteroatoms. The van der Waals surface area contributed by atoms with Crippen molar-refractivity contribution in [3.05, 3.63) is 89.9 Å². The van der Waals surface area contributed by atoms with Crippen molar-refractivity contribution < 1.29 is 13.5 Å². The first-order chi connectivity index (χ1) is 18.6. The summed E-state index contributed by atoms with van der Waals surface area (Å²) in [5, 5.41) is 21.0. The van der Waals surface area contributed by atoms with Crippen LogP contribution in [0.5, 0.6) is 5.88 Å². The molecule has 0 aliphatic rings. The van der Waals surface area contributed by atoms with Crippen molar-refractivity contribution in [2.24, 2.45) is 4.99 Å². The molecule has 198 valence electrons. The van der Waals surface area contributed by atoms with Crippen molar-refractivity contribution in [3.8, 4) is 11.9 Å². The molecule has 3 heterocycles. The first-order valence-corrected chi connectivity index (χ1v) is 14.0. The SMILES string of the molecule is CN(C)CCN(c1ccc(N=C(c2ccc3nccn3c2)c2c(O)[nH]c3cc(C#N)ccc23)cc1)S(C)(=O)=O. The number of hydrogen-bond acceptors (Lipinski definition) is 7. The first-order valence-electron chi connectivity index (χ1n) is 12.1. The fraction of sp³-hybridized carbons (Fsp3) is 0.179. The van der Waals surface area contributed by atoms with E-state index in [1.54, 1.807) is 48.7 Å². The highest BCUT2D eigenvalue weighted by Gasteiger charge is 2.21. The number of nitrogens with zero attached hydrogens (tertiary/aromatic N) is 6. The van der Waals surface area contributed by atoms with Crippen molar-refractivity contribution in [2.75, 3.05) is 37.7 Å². The highest BCUT2D eigenvalue weighted by atomic mass is 32.2. The van der Waals surface area contributed by atoms with Gasteiger partial charge in [-0.3, -0.25) is 4.31 Å². The number of aromatic amines is 1. The average molecular weight is 542 g/mol. The number of benzene rings is 2. The number of pyridine rings is 1. The molecule has 0 unspecified atom stereocenters. The smallest absolute Gasteiger partial charge is 0.232 e. The third-order valence-corrected chi connectivity index (χ3v) is 7.53. The molecule has 0 saturated carbocycles. The number of H-pyrrole nitrogens is 1. The predicted octanol–water partition coefficient (Wildman–Crippen LogP) is 3.89. The molecule has 5 rings (SSSR count). The van der Waals surface area contributed by atoms with Crippen LogP contribution in [0.1, 0.15) is 16.7 Å². The van der Waals surface area contributed by atoms with Crippen molar-refractivity contribution in [3.63, 3.8) is 0 Å². The van der Waals surface area contributed by atoms with E-state index >= 15 is 0 Å². The van der Waals surface area contributed by atoms with Crippen molar-refractivity contribution in [1.82, 2.24) is 19.3 Å². The molecule has 10 nitrogen and oxygen atoms in total. The fourth-order valence-electron chi connectivity index (χ4n) is 4.42. The number of nitrogens with one attached hydrogen (secondary N) is 1. The largest absolute Gasteiger partial charge is 0.494 e. The van der Waals surface area contributed by atoms with Crippen LogP contribution in [0, 0.1) is 11.3 Å². The molecule has 0 atom stereocenters. The molecule has 0 radical (unpaired) electrons. The van der Waals surface area contributed by atoms with Crippen LogP contribution in [0.3, 0.4) is 0 Å². The minimum atomic E-state index is -3.48. The minimum Gasteiger partial charge on any atom is -0.494 e. The lowest BCUT2D eigenvalue weighted by atomic mass is 10.0. The van der Waals surface area contributed by atoms with Gasteiger partial charge in [-0.05, 0) is 62.6 Å². The number of aliphatic imine (C=N–C) groups is 1. The van der Waals surface area contributed by atoms with Gasteiger partial charge in [-0.2, -0.15) is 5.26 Å². The van der Waals surface area contributed by atoms with E-state index in [1.165, 1.54) is 10.6 Å². The number of anilines is 1. The summed E-state index contributed by atoms with van der Waals surface area (Å²) in [7, 11) is 0.305. The number of aromatic nitrogens is 3. The van der Waals surface area contributed by atoms with Gasteiger partial charge in [0.15, 0.2) is 5.88 Å². The van der Waals surface area contributed by atoms with Crippen LogP contribution in [0.25, 0.3) is 16.6 Å². The summed E-state index contributed by atoms with van der Waals surface area (Å²) in [5.74, 6) is -0.0758. The quantitative estimate of drug-likeness (QED) is 0.287. The normalized spacial score (nSPS) is 12.3. The predicted molar refractivity (Wildman–Crippen MR) is 152 cm³/mol. The topological polar surface area (TPSA) is 130 Å². The van der Waals surface area contributed by atoms with E-state index in [0.29, 0.717) is 52.2 Å². The highest BCUT2D eigenvalue weighted by molar-refractivity contribution is 7.92. The summed E-state index contributed by atoms with van der Waals surface area (Å²) in [5.41, 5.74) is 4.67. The lowest BCUT2D eigenvalue weighted by Crippen LogP contribution is -2.35. The Kier molecular flexibility index (Phi) is 6.82. The number of hydrogen-bond donors (Lipinski definition) is 2. The molecule has 2 aromatic carbocycles. The van der Waals surface area contributed by atoms with Crippen LogP contribution < -0.4 is 4.31 Å². The molecule has 0 bridgehead atoms. The monoisotopic (exact) mass is 541 g/mol. The van der Waals surface area contributed by atoms with Crippen LogP contribution in [-0.4, -0.2) is 71.9 Å². The summed E-state index contributed by atoms with van der Waals surface area (Å²) in [6.45, 7) is 0.889. The molecule has 0 aliphatic carbocycles. The van der Waals surface area contributed by atoms with Gasteiger partial charge in [0.25, 0.3) is 0 Å². The van der Waals surface area contributed by atoms with E-state index in [-0.39, 0.29) is 5.88 Å². The summed E-state index contributed by atoms with van der Waals surface area (Å²) < 4.78 is 28.2. The molecule has 0 spiro atoms. The van der Waals surface area contributed by atoms with Gasteiger partial charge in [-0.25, -0.2) is 18.4 Å². The third-order valence-electron chi connectivity index (χ3n) is 6.34. The zero-order valence-electron chi connectivity index (χ0n) is 21.7. The Hall–Kier alpha value is -4.66. The van der Waals surface area contributed by atoms with Gasteiger partial charge in [-0.1, -0.05) is 6.07 Å². The van der Waals surface area contributed by atoms with Crippen molar-refractivity contribution in [1.29, 1.82) is 5.26 Å². The van der Waals surface area contributed by atoms with Crippen LogP contribution >= 0.6 is 0 Å². The maximum atomic E-state index is 12.5.